The third kappa shape index (κ3) is 3.45. The summed E-state index contributed by atoms with van der Waals surface area (Å²) in [6, 6.07) is 6.80. The molecule has 0 aliphatic rings. The predicted octanol–water partition coefficient (Wildman–Crippen LogP) is 3.12. The Kier molecular flexibility index (Phi) is 4.17. The number of thioether (sulfide) groups is 1. The van der Waals surface area contributed by atoms with Gasteiger partial charge in [0.15, 0.2) is 0 Å². The van der Waals surface area contributed by atoms with Crippen LogP contribution in [0.2, 0.25) is 5.02 Å². The summed E-state index contributed by atoms with van der Waals surface area (Å²) in [7, 11) is 0. The Hall–Kier alpha value is -1.59. The Morgan fingerprint density at radius 1 is 1.28 bits per heavy atom. The van der Waals surface area contributed by atoms with Crippen LogP contribution < -0.4 is 0 Å². The zero-order valence-corrected chi connectivity index (χ0v) is 10.8. The zero-order chi connectivity index (χ0) is 13.0. The van der Waals surface area contributed by atoms with Gasteiger partial charge in [-0.15, -0.1) is 11.8 Å². The maximum absolute atomic E-state index is 10.8. The summed E-state index contributed by atoms with van der Waals surface area (Å²) in [4.78, 5) is 19.5. The minimum Gasteiger partial charge on any atom is -0.477 e. The highest BCUT2D eigenvalue weighted by molar-refractivity contribution is 7.98. The molecule has 0 bridgehead atoms. The number of hydrogen-bond acceptors (Lipinski definition) is 4. The summed E-state index contributed by atoms with van der Waals surface area (Å²) < 4.78 is 0. The molecular formula is C12H9ClN2O2S. The number of carboxylic acid groups (broad SMARTS) is 1. The molecule has 0 fully saturated rings. The molecule has 0 atom stereocenters. The van der Waals surface area contributed by atoms with Gasteiger partial charge in [0.1, 0.15) is 5.69 Å². The SMILES string of the molecule is O=C(O)c1cc(SCc2cc(Cl)ccn2)ccn1. The first-order valence-electron chi connectivity index (χ1n) is 5.08. The third-order valence-electron chi connectivity index (χ3n) is 2.12. The van der Waals surface area contributed by atoms with Crippen LogP contribution in [0.5, 0.6) is 0 Å². The van der Waals surface area contributed by atoms with Gasteiger partial charge in [-0.3, -0.25) is 4.98 Å². The lowest BCUT2D eigenvalue weighted by molar-refractivity contribution is 0.0690. The van der Waals surface area contributed by atoms with E-state index in [1.165, 1.54) is 24.0 Å². The van der Waals surface area contributed by atoms with Crippen LogP contribution in [-0.2, 0) is 5.75 Å². The van der Waals surface area contributed by atoms with Gasteiger partial charge in [0.25, 0.3) is 0 Å². The number of pyridine rings is 2. The summed E-state index contributed by atoms with van der Waals surface area (Å²) in [6.07, 6.45) is 3.13. The smallest absolute Gasteiger partial charge is 0.354 e. The Labute approximate surface area is 113 Å². The van der Waals surface area contributed by atoms with Crippen LogP contribution >= 0.6 is 23.4 Å². The number of aromatic carboxylic acids is 1. The van der Waals surface area contributed by atoms with Crippen LogP contribution in [0.3, 0.4) is 0 Å². The van der Waals surface area contributed by atoms with Crippen LogP contribution in [-0.4, -0.2) is 21.0 Å². The highest BCUT2D eigenvalue weighted by Gasteiger charge is 2.05. The van der Waals surface area contributed by atoms with E-state index in [1.807, 2.05) is 0 Å². The number of carbonyl (C=O) groups is 1. The summed E-state index contributed by atoms with van der Waals surface area (Å²) in [6.45, 7) is 0. The minimum absolute atomic E-state index is 0.0408. The van der Waals surface area contributed by atoms with E-state index in [-0.39, 0.29) is 5.69 Å². The Balaban J connectivity index is 2.06. The van der Waals surface area contributed by atoms with Crippen molar-refractivity contribution in [2.75, 3.05) is 0 Å². The lowest BCUT2D eigenvalue weighted by Crippen LogP contribution is -1.99. The molecule has 0 aromatic carbocycles. The van der Waals surface area contributed by atoms with Gasteiger partial charge in [0, 0.05) is 28.1 Å². The lowest BCUT2D eigenvalue weighted by atomic mass is 10.3. The monoisotopic (exact) mass is 280 g/mol. The van der Waals surface area contributed by atoms with Crippen molar-refractivity contribution in [2.24, 2.45) is 0 Å². The van der Waals surface area contributed by atoms with Crippen molar-refractivity contribution in [1.29, 1.82) is 0 Å². The highest BCUT2D eigenvalue weighted by atomic mass is 35.5. The van der Waals surface area contributed by atoms with Gasteiger partial charge in [-0.2, -0.15) is 0 Å². The van der Waals surface area contributed by atoms with Crippen molar-refractivity contribution in [2.45, 2.75) is 10.6 Å². The van der Waals surface area contributed by atoms with Gasteiger partial charge in [0.05, 0.1) is 5.69 Å². The van der Waals surface area contributed by atoms with E-state index in [1.54, 1.807) is 24.4 Å². The first kappa shape index (κ1) is 12.9. The van der Waals surface area contributed by atoms with E-state index in [0.29, 0.717) is 10.8 Å². The molecule has 0 saturated carbocycles. The maximum atomic E-state index is 10.8. The first-order valence-corrected chi connectivity index (χ1v) is 6.44. The van der Waals surface area contributed by atoms with Gasteiger partial charge in [-0.05, 0) is 24.3 Å². The fraction of sp³-hybridized carbons (Fsp3) is 0.0833. The summed E-state index contributed by atoms with van der Waals surface area (Å²) in [5, 5.41) is 9.47. The van der Waals surface area contributed by atoms with Gasteiger partial charge >= 0.3 is 5.97 Å². The second kappa shape index (κ2) is 5.84. The van der Waals surface area contributed by atoms with Crippen LogP contribution in [0.4, 0.5) is 0 Å². The Morgan fingerprint density at radius 3 is 2.78 bits per heavy atom. The second-order valence-corrected chi connectivity index (χ2v) is 4.92. The van der Waals surface area contributed by atoms with Crippen LogP contribution in [0, 0.1) is 0 Å². The largest absolute Gasteiger partial charge is 0.477 e. The summed E-state index contributed by atoms with van der Waals surface area (Å²) in [5.41, 5.74) is 0.889. The molecule has 0 spiro atoms. The average Bonchev–Trinajstić information content (AvgIpc) is 2.37. The van der Waals surface area contributed by atoms with E-state index >= 15 is 0 Å². The van der Waals surface area contributed by atoms with E-state index in [0.717, 1.165) is 10.6 Å². The Morgan fingerprint density at radius 2 is 2.06 bits per heavy atom. The molecule has 92 valence electrons. The van der Waals surface area contributed by atoms with Crippen LogP contribution in [0.15, 0.2) is 41.6 Å². The maximum Gasteiger partial charge on any atom is 0.354 e. The third-order valence-corrected chi connectivity index (χ3v) is 3.38. The molecule has 0 aliphatic carbocycles. The minimum atomic E-state index is -1.03. The topological polar surface area (TPSA) is 63.1 Å². The first-order chi connectivity index (χ1) is 8.65. The zero-order valence-electron chi connectivity index (χ0n) is 9.21. The van der Waals surface area contributed by atoms with Gasteiger partial charge in [-0.1, -0.05) is 11.6 Å². The number of rotatable bonds is 4. The summed E-state index contributed by atoms with van der Waals surface area (Å²) >= 11 is 7.35. The van der Waals surface area contributed by atoms with Crippen molar-refractivity contribution >= 4 is 29.3 Å². The molecule has 2 aromatic heterocycles. The number of aromatic nitrogens is 2. The van der Waals surface area contributed by atoms with Gasteiger partial charge in [-0.25, -0.2) is 9.78 Å². The number of carboxylic acids is 1. The van der Waals surface area contributed by atoms with E-state index in [9.17, 15) is 4.79 Å². The number of nitrogens with zero attached hydrogens (tertiary/aromatic N) is 2. The molecule has 18 heavy (non-hydrogen) atoms. The van der Waals surface area contributed by atoms with Crippen molar-refractivity contribution in [3.63, 3.8) is 0 Å². The van der Waals surface area contributed by atoms with E-state index in [4.69, 9.17) is 16.7 Å². The molecule has 2 heterocycles. The molecule has 2 rings (SSSR count). The predicted molar refractivity (Wildman–Crippen MR) is 70.0 cm³/mol. The Bertz CT molecular complexity index is 578. The molecule has 0 amide bonds. The highest BCUT2D eigenvalue weighted by Crippen LogP contribution is 2.23. The van der Waals surface area contributed by atoms with Crippen molar-refractivity contribution in [3.8, 4) is 0 Å². The van der Waals surface area contributed by atoms with Crippen molar-refractivity contribution in [3.05, 3.63) is 53.1 Å². The van der Waals surface area contributed by atoms with Gasteiger partial charge in [0.2, 0.25) is 0 Å². The lowest BCUT2D eigenvalue weighted by Gasteiger charge is -2.02. The van der Waals surface area contributed by atoms with Gasteiger partial charge < -0.3 is 5.11 Å². The molecule has 0 radical (unpaired) electrons. The second-order valence-electron chi connectivity index (χ2n) is 3.44. The molecule has 2 aromatic rings. The fourth-order valence-electron chi connectivity index (χ4n) is 1.30. The standard InChI is InChI=1S/C12H9ClN2O2S/c13-8-1-3-14-9(5-8)7-18-10-2-4-15-11(6-10)12(16)17/h1-6H,7H2,(H,16,17). The quantitative estimate of drug-likeness (QED) is 0.872. The summed E-state index contributed by atoms with van der Waals surface area (Å²) in [5.74, 6) is -0.401. The number of hydrogen-bond donors (Lipinski definition) is 1. The molecular weight excluding hydrogens is 272 g/mol. The van der Waals surface area contributed by atoms with Crippen molar-refractivity contribution < 1.29 is 9.90 Å². The molecule has 0 unspecified atom stereocenters. The molecule has 0 saturated heterocycles. The molecule has 6 heteroatoms. The molecule has 0 aliphatic heterocycles. The molecule has 1 N–H and O–H groups in total. The number of halogens is 1. The van der Waals surface area contributed by atoms with Crippen molar-refractivity contribution in [1.82, 2.24) is 9.97 Å². The molecule has 4 nitrogen and oxygen atoms in total. The van der Waals surface area contributed by atoms with E-state index < -0.39 is 5.97 Å². The average molecular weight is 281 g/mol. The van der Waals surface area contributed by atoms with Crippen LogP contribution in [0.25, 0.3) is 0 Å². The van der Waals surface area contributed by atoms with Crippen LogP contribution in [0.1, 0.15) is 16.2 Å². The normalized spacial score (nSPS) is 10.3. The fourth-order valence-corrected chi connectivity index (χ4v) is 2.31. The van der Waals surface area contributed by atoms with E-state index in [2.05, 4.69) is 9.97 Å².